The van der Waals surface area contributed by atoms with Gasteiger partial charge in [0.05, 0.1) is 11.1 Å². The molecule has 1 N–H and O–H groups in total. The third-order valence-corrected chi connectivity index (χ3v) is 3.70. The molecule has 21 heavy (non-hydrogen) atoms. The molecule has 0 spiro atoms. The molecule has 104 valence electrons. The molecular weight excluding hydrogens is 262 g/mol. The van der Waals surface area contributed by atoms with Crippen molar-refractivity contribution in [3.63, 3.8) is 0 Å². The fourth-order valence-electron chi connectivity index (χ4n) is 2.59. The van der Waals surface area contributed by atoms with E-state index >= 15 is 0 Å². The van der Waals surface area contributed by atoms with E-state index in [-0.39, 0.29) is 16.8 Å². The fraction of sp³-hybridized carbons (Fsp3) is 0.111. The minimum absolute atomic E-state index is 0.209. The zero-order chi connectivity index (χ0) is 15.0. The average molecular weight is 277 g/mol. The lowest BCUT2D eigenvalue weighted by Crippen LogP contribution is -2.19. The summed E-state index contributed by atoms with van der Waals surface area (Å²) in [4.78, 5) is 28.5. The minimum atomic E-state index is -0.238. The SMILES string of the molecule is Cc1[nH]c2c(C)cccc2c(=O)c1C(=O)c1ccccc1. The van der Waals surface area contributed by atoms with Gasteiger partial charge in [0.25, 0.3) is 0 Å². The van der Waals surface area contributed by atoms with E-state index < -0.39 is 0 Å². The van der Waals surface area contributed by atoms with Crippen LogP contribution in [0.2, 0.25) is 0 Å². The second kappa shape index (κ2) is 5.02. The normalized spacial score (nSPS) is 10.8. The van der Waals surface area contributed by atoms with Crippen LogP contribution in [0.25, 0.3) is 10.9 Å². The molecule has 2 aromatic carbocycles. The Kier molecular flexibility index (Phi) is 3.18. The number of aromatic amines is 1. The number of fused-ring (bicyclic) bond motifs is 1. The van der Waals surface area contributed by atoms with Crippen LogP contribution in [-0.2, 0) is 0 Å². The smallest absolute Gasteiger partial charge is 0.200 e. The Morgan fingerprint density at radius 1 is 0.952 bits per heavy atom. The van der Waals surface area contributed by atoms with Gasteiger partial charge in [0.15, 0.2) is 5.78 Å². The first-order chi connectivity index (χ1) is 10.1. The first-order valence-electron chi connectivity index (χ1n) is 6.81. The molecule has 0 unspecified atom stereocenters. The Bertz CT molecular complexity index is 892. The van der Waals surface area contributed by atoms with Crippen LogP contribution >= 0.6 is 0 Å². The molecule has 0 atom stereocenters. The molecule has 3 rings (SSSR count). The van der Waals surface area contributed by atoms with E-state index in [9.17, 15) is 9.59 Å². The van der Waals surface area contributed by atoms with E-state index in [0.29, 0.717) is 16.6 Å². The van der Waals surface area contributed by atoms with Gasteiger partial charge in [0.1, 0.15) is 0 Å². The third kappa shape index (κ3) is 2.17. The number of aryl methyl sites for hydroxylation is 2. The van der Waals surface area contributed by atoms with Gasteiger partial charge >= 0.3 is 0 Å². The number of nitrogens with one attached hydrogen (secondary N) is 1. The molecule has 3 nitrogen and oxygen atoms in total. The minimum Gasteiger partial charge on any atom is -0.358 e. The topological polar surface area (TPSA) is 49.9 Å². The molecule has 0 aliphatic heterocycles. The Hall–Kier alpha value is -2.68. The standard InChI is InChI=1S/C18H15NO2/c1-11-7-6-10-14-16(11)19-12(2)15(18(14)21)17(20)13-8-4-3-5-9-13/h3-10H,1-2H3,(H,19,21). The van der Waals surface area contributed by atoms with Crippen LogP contribution in [0.4, 0.5) is 0 Å². The molecule has 3 aromatic rings. The van der Waals surface area contributed by atoms with Crippen LogP contribution < -0.4 is 5.43 Å². The molecule has 0 radical (unpaired) electrons. The van der Waals surface area contributed by atoms with Crippen molar-refractivity contribution >= 4 is 16.7 Å². The largest absolute Gasteiger partial charge is 0.358 e. The van der Waals surface area contributed by atoms with Crippen LogP contribution in [0, 0.1) is 13.8 Å². The number of rotatable bonds is 2. The van der Waals surface area contributed by atoms with Crippen LogP contribution in [0.1, 0.15) is 27.2 Å². The predicted octanol–water partition coefficient (Wildman–Crippen LogP) is 3.38. The number of H-pyrrole nitrogens is 1. The first kappa shape index (κ1) is 13.3. The number of pyridine rings is 1. The van der Waals surface area contributed by atoms with Gasteiger partial charge in [-0.15, -0.1) is 0 Å². The van der Waals surface area contributed by atoms with E-state index in [1.54, 1.807) is 37.3 Å². The van der Waals surface area contributed by atoms with Crippen molar-refractivity contribution in [2.45, 2.75) is 13.8 Å². The number of para-hydroxylation sites is 1. The van der Waals surface area contributed by atoms with Gasteiger partial charge in [-0.2, -0.15) is 0 Å². The quantitative estimate of drug-likeness (QED) is 0.730. The summed E-state index contributed by atoms with van der Waals surface area (Å²) < 4.78 is 0. The van der Waals surface area contributed by atoms with E-state index in [4.69, 9.17) is 0 Å². The number of benzene rings is 2. The Morgan fingerprint density at radius 3 is 2.38 bits per heavy atom. The third-order valence-electron chi connectivity index (χ3n) is 3.70. The summed E-state index contributed by atoms with van der Waals surface area (Å²) in [6.07, 6.45) is 0. The predicted molar refractivity (Wildman–Crippen MR) is 83.9 cm³/mol. The molecule has 1 aromatic heterocycles. The first-order valence-corrected chi connectivity index (χ1v) is 6.81. The van der Waals surface area contributed by atoms with E-state index in [0.717, 1.165) is 11.1 Å². The number of ketones is 1. The summed E-state index contributed by atoms with van der Waals surface area (Å²) in [5.74, 6) is -0.238. The second-order valence-corrected chi connectivity index (χ2v) is 5.15. The molecule has 0 bridgehead atoms. The molecule has 0 saturated heterocycles. The number of carbonyl (C=O) groups is 1. The molecule has 0 fully saturated rings. The van der Waals surface area contributed by atoms with E-state index in [1.165, 1.54) is 0 Å². The Morgan fingerprint density at radius 2 is 1.67 bits per heavy atom. The number of carbonyl (C=O) groups excluding carboxylic acids is 1. The summed E-state index contributed by atoms with van der Waals surface area (Å²) >= 11 is 0. The maximum atomic E-state index is 12.7. The summed E-state index contributed by atoms with van der Waals surface area (Å²) in [6.45, 7) is 3.71. The van der Waals surface area contributed by atoms with Crippen LogP contribution in [0.15, 0.2) is 53.3 Å². The van der Waals surface area contributed by atoms with Gasteiger partial charge in [-0.25, -0.2) is 0 Å². The van der Waals surface area contributed by atoms with Gasteiger partial charge in [0, 0.05) is 16.6 Å². The number of aromatic nitrogens is 1. The van der Waals surface area contributed by atoms with Crippen LogP contribution in [-0.4, -0.2) is 10.8 Å². The van der Waals surface area contributed by atoms with Gasteiger partial charge in [-0.3, -0.25) is 9.59 Å². The lowest BCUT2D eigenvalue weighted by atomic mass is 9.99. The van der Waals surface area contributed by atoms with Gasteiger partial charge in [0.2, 0.25) is 5.43 Å². The van der Waals surface area contributed by atoms with Crippen molar-refractivity contribution in [3.05, 3.63) is 81.1 Å². The summed E-state index contributed by atoms with van der Waals surface area (Å²) in [7, 11) is 0. The Balaban J connectivity index is 2.30. The lowest BCUT2D eigenvalue weighted by Gasteiger charge is -2.09. The van der Waals surface area contributed by atoms with Gasteiger partial charge in [-0.1, -0.05) is 42.5 Å². The molecule has 0 saturated carbocycles. The highest BCUT2D eigenvalue weighted by atomic mass is 16.1. The molecule has 0 amide bonds. The highest BCUT2D eigenvalue weighted by Gasteiger charge is 2.18. The van der Waals surface area contributed by atoms with Gasteiger partial charge < -0.3 is 4.98 Å². The highest BCUT2D eigenvalue weighted by molar-refractivity contribution is 6.11. The maximum absolute atomic E-state index is 12.7. The van der Waals surface area contributed by atoms with Crippen LogP contribution in [0.3, 0.4) is 0 Å². The summed E-state index contributed by atoms with van der Waals surface area (Å²) in [5, 5.41) is 0.555. The monoisotopic (exact) mass is 277 g/mol. The number of hydrogen-bond donors (Lipinski definition) is 1. The summed E-state index contributed by atoms with van der Waals surface area (Å²) in [6, 6.07) is 14.4. The highest BCUT2D eigenvalue weighted by Crippen LogP contribution is 2.17. The maximum Gasteiger partial charge on any atom is 0.200 e. The molecule has 0 aliphatic rings. The molecule has 0 aliphatic carbocycles. The van der Waals surface area contributed by atoms with Crippen molar-refractivity contribution < 1.29 is 4.79 Å². The summed E-state index contributed by atoms with van der Waals surface area (Å²) in [5.41, 5.74) is 2.93. The van der Waals surface area contributed by atoms with E-state index in [2.05, 4.69) is 4.98 Å². The second-order valence-electron chi connectivity index (χ2n) is 5.15. The molecule has 3 heteroatoms. The van der Waals surface area contributed by atoms with Crippen LogP contribution in [0.5, 0.6) is 0 Å². The van der Waals surface area contributed by atoms with Gasteiger partial charge in [-0.05, 0) is 25.5 Å². The van der Waals surface area contributed by atoms with Crippen molar-refractivity contribution in [2.75, 3.05) is 0 Å². The zero-order valence-corrected chi connectivity index (χ0v) is 11.9. The Labute approximate surface area is 122 Å². The van der Waals surface area contributed by atoms with Crippen molar-refractivity contribution in [3.8, 4) is 0 Å². The van der Waals surface area contributed by atoms with E-state index in [1.807, 2.05) is 25.1 Å². The zero-order valence-electron chi connectivity index (χ0n) is 11.9. The lowest BCUT2D eigenvalue weighted by molar-refractivity contribution is 0.103. The number of hydrogen-bond acceptors (Lipinski definition) is 2. The fourth-order valence-corrected chi connectivity index (χ4v) is 2.59. The van der Waals surface area contributed by atoms with Crippen molar-refractivity contribution in [2.24, 2.45) is 0 Å². The average Bonchev–Trinajstić information content (AvgIpc) is 2.49. The molecule has 1 heterocycles. The molecular formula is C18H15NO2. The van der Waals surface area contributed by atoms with Crippen molar-refractivity contribution in [1.29, 1.82) is 0 Å². The van der Waals surface area contributed by atoms with Crippen molar-refractivity contribution in [1.82, 2.24) is 4.98 Å².